The van der Waals surface area contributed by atoms with E-state index in [0.29, 0.717) is 23.6 Å². The first-order chi connectivity index (χ1) is 10.2. The third kappa shape index (κ3) is 3.52. The molecule has 0 saturated heterocycles. The molecule has 21 heavy (non-hydrogen) atoms. The van der Waals surface area contributed by atoms with Crippen molar-refractivity contribution in [3.63, 3.8) is 0 Å². The second-order valence-electron chi connectivity index (χ2n) is 4.43. The van der Waals surface area contributed by atoms with E-state index >= 15 is 0 Å². The van der Waals surface area contributed by atoms with Crippen LogP contribution in [0.2, 0.25) is 0 Å². The van der Waals surface area contributed by atoms with E-state index in [9.17, 15) is 4.79 Å². The van der Waals surface area contributed by atoms with E-state index in [1.165, 1.54) is 13.2 Å². The third-order valence-electron chi connectivity index (χ3n) is 2.98. The molecule has 2 rings (SSSR count). The predicted molar refractivity (Wildman–Crippen MR) is 79.5 cm³/mol. The van der Waals surface area contributed by atoms with E-state index in [1.807, 2.05) is 18.2 Å². The van der Waals surface area contributed by atoms with Gasteiger partial charge < -0.3 is 20.3 Å². The van der Waals surface area contributed by atoms with Crippen molar-refractivity contribution in [3.8, 4) is 11.5 Å². The Morgan fingerprint density at radius 2 is 1.95 bits per heavy atom. The van der Waals surface area contributed by atoms with Gasteiger partial charge in [-0.15, -0.1) is 0 Å². The number of hydrogen-bond donors (Lipinski definition) is 2. The number of ether oxygens (including phenoxy) is 2. The van der Waals surface area contributed by atoms with Crippen molar-refractivity contribution in [1.29, 1.82) is 0 Å². The standard InChI is InChI=1S/C16H17NO4/c1-20-16(19)13-10-12(17)6-7-15(13)21-14-5-3-2-4-11(14)8-9-18/h2-7,10,18H,8-9,17H2,1H3. The molecule has 0 atom stereocenters. The molecule has 0 heterocycles. The van der Waals surface area contributed by atoms with Gasteiger partial charge in [-0.05, 0) is 36.2 Å². The maximum atomic E-state index is 11.8. The first kappa shape index (κ1) is 14.9. The highest BCUT2D eigenvalue weighted by molar-refractivity contribution is 5.93. The number of anilines is 1. The fourth-order valence-electron chi connectivity index (χ4n) is 1.95. The zero-order valence-corrected chi connectivity index (χ0v) is 11.7. The molecule has 0 aliphatic rings. The van der Waals surface area contributed by atoms with E-state index < -0.39 is 5.97 Å². The normalized spacial score (nSPS) is 10.2. The Balaban J connectivity index is 2.38. The van der Waals surface area contributed by atoms with Crippen LogP contribution < -0.4 is 10.5 Å². The predicted octanol–water partition coefficient (Wildman–Crippen LogP) is 2.38. The number of carbonyl (C=O) groups excluding carboxylic acids is 1. The van der Waals surface area contributed by atoms with Crippen molar-refractivity contribution in [2.75, 3.05) is 19.5 Å². The Hall–Kier alpha value is -2.53. The van der Waals surface area contributed by atoms with Gasteiger partial charge in [0.05, 0.1) is 7.11 Å². The number of aliphatic hydroxyl groups excluding tert-OH is 1. The van der Waals surface area contributed by atoms with E-state index in [2.05, 4.69) is 0 Å². The Morgan fingerprint density at radius 1 is 1.19 bits per heavy atom. The lowest BCUT2D eigenvalue weighted by Gasteiger charge is -2.13. The molecule has 0 bridgehead atoms. The number of rotatable bonds is 5. The van der Waals surface area contributed by atoms with E-state index in [0.717, 1.165) is 5.56 Å². The third-order valence-corrected chi connectivity index (χ3v) is 2.98. The molecule has 3 N–H and O–H groups in total. The highest BCUT2D eigenvalue weighted by Gasteiger charge is 2.15. The zero-order valence-electron chi connectivity index (χ0n) is 11.7. The molecule has 0 amide bonds. The number of hydrogen-bond acceptors (Lipinski definition) is 5. The summed E-state index contributed by atoms with van der Waals surface area (Å²) in [4.78, 5) is 11.8. The van der Waals surface area contributed by atoms with Gasteiger partial charge in [-0.3, -0.25) is 0 Å². The van der Waals surface area contributed by atoms with Crippen LogP contribution in [0.1, 0.15) is 15.9 Å². The topological polar surface area (TPSA) is 81.8 Å². The molecule has 0 aliphatic carbocycles. The van der Waals surface area contributed by atoms with Crippen LogP contribution in [-0.2, 0) is 11.2 Å². The molecule has 0 aromatic heterocycles. The van der Waals surface area contributed by atoms with Gasteiger partial charge in [0, 0.05) is 12.3 Å². The quantitative estimate of drug-likeness (QED) is 0.652. The molecular weight excluding hydrogens is 270 g/mol. The number of methoxy groups -OCH3 is 1. The summed E-state index contributed by atoms with van der Waals surface area (Å²) in [6.45, 7) is 0.0198. The van der Waals surface area contributed by atoms with Gasteiger partial charge in [0.15, 0.2) is 0 Å². The molecule has 0 radical (unpaired) electrons. The minimum Gasteiger partial charge on any atom is -0.465 e. The van der Waals surface area contributed by atoms with E-state index in [-0.39, 0.29) is 12.2 Å². The largest absolute Gasteiger partial charge is 0.465 e. The van der Waals surface area contributed by atoms with Crippen LogP contribution >= 0.6 is 0 Å². The lowest BCUT2D eigenvalue weighted by atomic mass is 10.1. The smallest absolute Gasteiger partial charge is 0.341 e. The van der Waals surface area contributed by atoms with Gasteiger partial charge in [0.25, 0.3) is 0 Å². The molecule has 0 aliphatic heterocycles. The fraction of sp³-hybridized carbons (Fsp3) is 0.188. The summed E-state index contributed by atoms with van der Waals surface area (Å²) < 4.78 is 10.5. The highest BCUT2D eigenvalue weighted by Crippen LogP contribution is 2.30. The van der Waals surface area contributed by atoms with Crippen molar-refractivity contribution in [3.05, 3.63) is 53.6 Å². The molecule has 2 aromatic carbocycles. The minimum atomic E-state index is -0.517. The van der Waals surface area contributed by atoms with Crippen molar-refractivity contribution in [2.24, 2.45) is 0 Å². The van der Waals surface area contributed by atoms with Gasteiger partial charge in [0.2, 0.25) is 0 Å². The van der Waals surface area contributed by atoms with Gasteiger partial charge in [-0.1, -0.05) is 18.2 Å². The van der Waals surface area contributed by atoms with Crippen molar-refractivity contribution >= 4 is 11.7 Å². The Morgan fingerprint density at radius 3 is 2.67 bits per heavy atom. The maximum absolute atomic E-state index is 11.8. The summed E-state index contributed by atoms with van der Waals surface area (Å²) in [5, 5.41) is 9.08. The Labute approximate surface area is 122 Å². The Bertz CT molecular complexity index is 640. The van der Waals surface area contributed by atoms with Crippen LogP contribution in [0.25, 0.3) is 0 Å². The molecule has 0 saturated carbocycles. The van der Waals surface area contributed by atoms with Crippen molar-refractivity contribution in [2.45, 2.75) is 6.42 Å². The van der Waals surface area contributed by atoms with Crippen LogP contribution in [0, 0.1) is 0 Å². The summed E-state index contributed by atoms with van der Waals surface area (Å²) in [5.41, 5.74) is 7.26. The van der Waals surface area contributed by atoms with Crippen molar-refractivity contribution in [1.82, 2.24) is 0 Å². The minimum absolute atomic E-state index is 0.0198. The lowest BCUT2D eigenvalue weighted by molar-refractivity contribution is 0.0598. The molecule has 5 nitrogen and oxygen atoms in total. The monoisotopic (exact) mass is 287 g/mol. The number of para-hydroxylation sites is 1. The molecule has 0 fully saturated rings. The lowest BCUT2D eigenvalue weighted by Crippen LogP contribution is -2.05. The van der Waals surface area contributed by atoms with Crippen LogP contribution in [0.15, 0.2) is 42.5 Å². The van der Waals surface area contributed by atoms with Gasteiger partial charge in [-0.2, -0.15) is 0 Å². The summed E-state index contributed by atoms with van der Waals surface area (Å²) in [5.74, 6) is 0.430. The molecule has 2 aromatic rings. The molecule has 5 heteroatoms. The SMILES string of the molecule is COC(=O)c1cc(N)ccc1Oc1ccccc1CCO. The molecule has 0 unspecified atom stereocenters. The Kier molecular flexibility index (Phi) is 4.79. The van der Waals surface area contributed by atoms with E-state index in [1.54, 1.807) is 18.2 Å². The first-order valence-electron chi connectivity index (χ1n) is 6.50. The van der Waals surface area contributed by atoms with Gasteiger partial charge in [0.1, 0.15) is 17.1 Å². The van der Waals surface area contributed by atoms with Crippen molar-refractivity contribution < 1.29 is 19.4 Å². The van der Waals surface area contributed by atoms with Crippen LogP contribution in [-0.4, -0.2) is 24.8 Å². The highest BCUT2D eigenvalue weighted by atomic mass is 16.5. The summed E-state index contributed by atoms with van der Waals surface area (Å²) in [6.07, 6.45) is 0.471. The summed E-state index contributed by atoms with van der Waals surface area (Å²) >= 11 is 0. The second-order valence-corrected chi connectivity index (χ2v) is 4.43. The zero-order chi connectivity index (χ0) is 15.2. The average Bonchev–Trinajstić information content (AvgIpc) is 2.50. The second kappa shape index (κ2) is 6.76. The number of benzene rings is 2. The molecule has 0 spiro atoms. The summed E-state index contributed by atoms with van der Waals surface area (Å²) in [7, 11) is 1.30. The van der Waals surface area contributed by atoms with Crippen LogP contribution in [0.3, 0.4) is 0 Å². The number of esters is 1. The number of aliphatic hydroxyl groups is 1. The first-order valence-corrected chi connectivity index (χ1v) is 6.50. The fourth-order valence-corrected chi connectivity index (χ4v) is 1.95. The number of nitrogens with two attached hydrogens (primary N) is 1. The van der Waals surface area contributed by atoms with Gasteiger partial charge in [-0.25, -0.2) is 4.79 Å². The van der Waals surface area contributed by atoms with Crippen LogP contribution in [0.5, 0.6) is 11.5 Å². The van der Waals surface area contributed by atoms with E-state index in [4.69, 9.17) is 20.3 Å². The molecular formula is C16H17NO4. The maximum Gasteiger partial charge on any atom is 0.341 e. The number of nitrogen functional groups attached to an aromatic ring is 1. The van der Waals surface area contributed by atoms with Gasteiger partial charge >= 0.3 is 5.97 Å². The average molecular weight is 287 g/mol. The molecule has 110 valence electrons. The summed E-state index contributed by atoms with van der Waals surface area (Å²) in [6, 6.07) is 12.1. The van der Waals surface area contributed by atoms with Crippen LogP contribution in [0.4, 0.5) is 5.69 Å². The number of carbonyl (C=O) groups is 1.